The van der Waals surface area contributed by atoms with Crippen LogP contribution in [0, 0.1) is 11.3 Å². The Morgan fingerprint density at radius 2 is 2.00 bits per heavy atom. The predicted molar refractivity (Wildman–Crippen MR) is 73.1 cm³/mol. The summed E-state index contributed by atoms with van der Waals surface area (Å²) in [6.07, 6.45) is 6.49. The Hall–Kier alpha value is -1.33. The summed E-state index contributed by atoms with van der Waals surface area (Å²) in [5.41, 5.74) is -1.36. The first-order valence-corrected chi connectivity index (χ1v) is 9.79. The molecule has 0 heterocycles. The first kappa shape index (κ1) is 14.1. The maximum atomic E-state index is 12.3. The van der Waals surface area contributed by atoms with E-state index in [1.807, 2.05) is 25.7 Å². The number of carbonyl (C=O) groups is 3. The highest BCUT2D eigenvalue weighted by molar-refractivity contribution is 6.69. The van der Waals surface area contributed by atoms with Crippen molar-refractivity contribution in [2.75, 3.05) is 0 Å². The number of aldehydes is 1. The van der Waals surface area contributed by atoms with Gasteiger partial charge in [0.2, 0.25) is 0 Å². The highest BCUT2D eigenvalue weighted by atomic mass is 28.4. The van der Waals surface area contributed by atoms with Crippen molar-refractivity contribution in [2.45, 2.75) is 32.2 Å². The van der Waals surface area contributed by atoms with Crippen LogP contribution in [-0.4, -0.2) is 32.3 Å². The lowest BCUT2D eigenvalue weighted by Gasteiger charge is -2.43. The Balaban J connectivity index is 2.49. The fraction of sp³-hybridized carbons (Fsp3) is 0.500. The van der Waals surface area contributed by atoms with Gasteiger partial charge in [0.05, 0.1) is 6.10 Å². The molecule has 19 heavy (non-hydrogen) atoms. The van der Waals surface area contributed by atoms with Crippen molar-refractivity contribution in [3.63, 3.8) is 0 Å². The molecular formula is C14H18O4Si. The predicted octanol–water partition coefficient (Wildman–Crippen LogP) is 1.68. The largest absolute Gasteiger partial charge is 0.410 e. The van der Waals surface area contributed by atoms with E-state index >= 15 is 0 Å². The van der Waals surface area contributed by atoms with Crippen molar-refractivity contribution in [2.24, 2.45) is 11.3 Å². The Labute approximate surface area is 113 Å². The maximum absolute atomic E-state index is 12.3. The molecule has 4 nitrogen and oxygen atoms in total. The standard InChI is InChI=1S/C14H18O4Si/c1-19(2,3)18-13-6-4-5-10-11(16)7-8-12(17)14(10,13)9-15/h4,6-10,13H,5H2,1-3H3/t10-,13-,14-/m1/s1. The van der Waals surface area contributed by atoms with Crippen LogP contribution in [0.15, 0.2) is 24.3 Å². The van der Waals surface area contributed by atoms with E-state index in [4.69, 9.17) is 4.43 Å². The third-order valence-electron chi connectivity index (χ3n) is 3.57. The van der Waals surface area contributed by atoms with Gasteiger partial charge in [0.25, 0.3) is 0 Å². The third kappa shape index (κ3) is 2.28. The molecule has 102 valence electrons. The van der Waals surface area contributed by atoms with E-state index in [9.17, 15) is 14.4 Å². The summed E-state index contributed by atoms with van der Waals surface area (Å²) in [6.45, 7) is 5.98. The monoisotopic (exact) mass is 278 g/mol. The molecule has 0 saturated heterocycles. The van der Waals surface area contributed by atoms with E-state index in [0.29, 0.717) is 12.7 Å². The molecule has 5 heteroatoms. The van der Waals surface area contributed by atoms with Gasteiger partial charge in [-0.15, -0.1) is 0 Å². The summed E-state index contributed by atoms with van der Waals surface area (Å²) in [5, 5.41) is 0. The summed E-state index contributed by atoms with van der Waals surface area (Å²) in [7, 11) is -1.93. The average Bonchev–Trinajstić information content (AvgIpc) is 2.32. The van der Waals surface area contributed by atoms with E-state index in [0.717, 1.165) is 0 Å². The van der Waals surface area contributed by atoms with Crippen LogP contribution >= 0.6 is 0 Å². The van der Waals surface area contributed by atoms with Crippen molar-refractivity contribution >= 4 is 26.2 Å². The Bertz CT molecular complexity index is 486. The van der Waals surface area contributed by atoms with E-state index in [1.54, 1.807) is 6.08 Å². The Morgan fingerprint density at radius 3 is 2.58 bits per heavy atom. The average molecular weight is 278 g/mol. The van der Waals surface area contributed by atoms with Gasteiger partial charge in [0, 0.05) is 5.92 Å². The molecule has 0 saturated carbocycles. The third-order valence-corrected chi connectivity index (χ3v) is 4.54. The molecule has 0 aromatic carbocycles. The molecule has 0 amide bonds. The first-order valence-electron chi connectivity index (χ1n) is 6.38. The van der Waals surface area contributed by atoms with Crippen molar-refractivity contribution in [3.05, 3.63) is 24.3 Å². The van der Waals surface area contributed by atoms with Crippen molar-refractivity contribution < 1.29 is 18.8 Å². The van der Waals surface area contributed by atoms with Gasteiger partial charge in [-0.05, 0) is 38.2 Å². The Kier molecular flexibility index (Phi) is 3.45. The van der Waals surface area contributed by atoms with Crippen molar-refractivity contribution in [1.82, 2.24) is 0 Å². The van der Waals surface area contributed by atoms with E-state index in [2.05, 4.69) is 0 Å². The van der Waals surface area contributed by atoms with Gasteiger partial charge in [-0.25, -0.2) is 0 Å². The number of hydrogen-bond acceptors (Lipinski definition) is 4. The van der Waals surface area contributed by atoms with Crippen molar-refractivity contribution in [1.29, 1.82) is 0 Å². The Morgan fingerprint density at radius 1 is 1.32 bits per heavy atom. The molecule has 0 fully saturated rings. The van der Waals surface area contributed by atoms with Gasteiger partial charge in [-0.3, -0.25) is 9.59 Å². The van der Waals surface area contributed by atoms with Crippen LogP contribution in [0.1, 0.15) is 6.42 Å². The number of carbonyl (C=O) groups excluding carboxylic acids is 3. The van der Waals surface area contributed by atoms with Crippen LogP contribution in [-0.2, 0) is 18.8 Å². The second kappa shape index (κ2) is 4.65. The van der Waals surface area contributed by atoms with E-state index in [-0.39, 0.29) is 11.6 Å². The molecule has 0 bridgehead atoms. The molecule has 2 rings (SSSR count). The second-order valence-electron chi connectivity index (χ2n) is 6.02. The molecule has 2 aliphatic carbocycles. The zero-order valence-corrected chi connectivity index (χ0v) is 12.4. The zero-order valence-electron chi connectivity index (χ0n) is 11.4. The lowest BCUT2D eigenvalue weighted by atomic mass is 9.61. The number of rotatable bonds is 3. The molecule has 0 radical (unpaired) electrons. The van der Waals surface area contributed by atoms with Crippen LogP contribution in [0.3, 0.4) is 0 Å². The SMILES string of the molecule is C[Si](C)(C)O[C@@H]1C=CC[C@@H]2C(=O)C=CC(=O)[C@@]21C=O. The molecule has 0 aliphatic heterocycles. The van der Waals surface area contributed by atoms with Crippen LogP contribution in [0.2, 0.25) is 19.6 Å². The van der Waals surface area contributed by atoms with Crippen LogP contribution in [0.25, 0.3) is 0 Å². The molecule has 0 N–H and O–H groups in total. The lowest BCUT2D eigenvalue weighted by Crippen LogP contribution is -2.57. The second-order valence-corrected chi connectivity index (χ2v) is 10.5. The summed E-state index contributed by atoms with van der Waals surface area (Å²) < 4.78 is 5.98. The first-order chi connectivity index (χ1) is 8.81. The summed E-state index contributed by atoms with van der Waals surface area (Å²) >= 11 is 0. The molecule has 0 spiro atoms. The summed E-state index contributed by atoms with van der Waals surface area (Å²) in [4.78, 5) is 35.9. The van der Waals surface area contributed by atoms with Crippen LogP contribution in [0.4, 0.5) is 0 Å². The quantitative estimate of drug-likeness (QED) is 0.341. The number of allylic oxidation sites excluding steroid dienone is 3. The molecule has 0 unspecified atom stereocenters. The minimum atomic E-state index is -1.93. The summed E-state index contributed by atoms with van der Waals surface area (Å²) in [6, 6.07) is 0. The number of hydrogen-bond donors (Lipinski definition) is 0. The van der Waals surface area contributed by atoms with Crippen molar-refractivity contribution in [3.8, 4) is 0 Å². The van der Waals surface area contributed by atoms with E-state index < -0.39 is 25.8 Å². The number of ketones is 2. The minimum Gasteiger partial charge on any atom is -0.410 e. The molecule has 0 aromatic heterocycles. The number of fused-ring (bicyclic) bond motifs is 1. The lowest BCUT2D eigenvalue weighted by molar-refractivity contribution is -0.148. The van der Waals surface area contributed by atoms with Crippen LogP contribution in [0.5, 0.6) is 0 Å². The van der Waals surface area contributed by atoms with Gasteiger partial charge < -0.3 is 9.22 Å². The summed E-state index contributed by atoms with van der Waals surface area (Å²) in [5.74, 6) is -1.10. The highest BCUT2D eigenvalue weighted by Gasteiger charge is 2.56. The smallest absolute Gasteiger partial charge is 0.184 e. The minimum absolute atomic E-state index is 0.166. The van der Waals surface area contributed by atoms with E-state index in [1.165, 1.54) is 12.2 Å². The van der Waals surface area contributed by atoms with Gasteiger partial charge >= 0.3 is 0 Å². The highest BCUT2D eigenvalue weighted by Crippen LogP contribution is 2.43. The van der Waals surface area contributed by atoms with Crippen LogP contribution < -0.4 is 0 Å². The maximum Gasteiger partial charge on any atom is 0.184 e. The molecule has 3 atom stereocenters. The van der Waals surface area contributed by atoms with Gasteiger partial charge in [-0.1, -0.05) is 12.2 Å². The fourth-order valence-electron chi connectivity index (χ4n) is 2.70. The topological polar surface area (TPSA) is 60.4 Å². The zero-order chi connectivity index (χ0) is 14.3. The fourth-order valence-corrected chi connectivity index (χ4v) is 3.73. The van der Waals surface area contributed by atoms with Gasteiger partial charge in [0.1, 0.15) is 11.7 Å². The molecular weight excluding hydrogens is 260 g/mol. The molecule has 0 aromatic rings. The van der Waals surface area contributed by atoms with Gasteiger partial charge in [-0.2, -0.15) is 0 Å². The molecule has 2 aliphatic rings. The van der Waals surface area contributed by atoms with Gasteiger partial charge in [0.15, 0.2) is 19.9 Å². The normalized spacial score (nSPS) is 34.3.